The highest BCUT2D eigenvalue weighted by Gasteiger charge is 2.27. The van der Waals surface area contributed by atoms with Crippen molar-refractivity contribution >= 4 is 79.1 Å². The number of thiophene rings is 1. The summed E-state index contributed by atoms with van der Waals surface area (Å²) in [4.78, 5) is 66.3. The minimum atomic E-state index is -0.541. The predicted molar refractivity (Wildman–Crippen MR) is 157 cm³/mol. The van der Waals surface area contributed by atoms with Crippen molar-refractivity contribution in [3.05, 3.63) is 49.1 Å². The van der Waals surface area contributed by atoms with E-state index in [4.69, 9.17) is 9.47 Å². The summed E-state index contributed by atoms with van der Waals surface area (Å²) in [6.07, 6.45) is 3.62. The van der Waals surface area contributed by atoms with E-state index in [1.165, 1.54) is 34.1 Å². The molecule has 0 bridgehead atoms. The normalized spacial score (nSPS) is 13.1. The second kappa shape index (κ2) is 13.9. The summed E-state index contributed by atoms with van der Waals surface area (Å²) in [6.45, 7) is 3.58. The van der Waals surface area contributed by atoms with Crippen LogP contribution >= 0.6 is 34.4 Å². The molecule has 41 heavy (non-hydrogen) atoms. The van der Waals surface area contributed by atoms with Gasteiger partial charge in [-0.05, 0) is 51.2 Å². The molecular weight excluding hydrogens is 593 g/mol. The summed E-state index contributed by atoms with van der Waals surface area (Å²) in [5.41, 5.74) is 1.75. The molecule has 1 aliphatic rings. The van der Waals surface area contributed by atoms with Gasteiger partial charge in [0.2, 0.25) is 5.91 Å². The van der Waals surface area contributed by atoms with Crippen molar-refractivity contribution in [3.63, 3.8) is 0 Å². The van der Waals surface area contributed by atoms with Crippen LogP contribution in [-0.4, -0.2) is 58.0 Å². The lowest BCUT2D eigenvalue weighted by Gasteiger charge is -2.12. The van der Waals surface area contributed by atoms with Crippen LogP contribution < -0.4 is 10.1 Å². The molecule has 0 aliphatic heterocycles. The van der Waals surface area contributed by atoms with E-state index in [-0.39, 0.29) is 47.7 Å². The Bertz CT molecular complexity index is 1570. The van der Waals surface area contributed by atoms with Gasteiger partial charge >= 0.3 is 11.9 Å². The Morgan fingerprint density at radius 2 is 1.85 bits per heavy atom. The Morgan fingerprint density at radius 3 is 2.59 bits per heavy atom. The van der Waals surface area contributed by atoms with Crippen LogP contribution in [0.5, 0.6) is 0 Å². The molecule has 0 unspecified atom stereocenters. The van der Waals surface area contributed by atoms with Gasteiger partial charge < -0.3 is 19.4 Å². The van der Waals surface area contributed by atoms with E-state index in [0.717, 1.165) is 59.2 Å². The summed E-state index contributed by atoms with van der Waals surface area (Å²) in [7, 11) is 0. The molecule has 15 heteroatoms. The van der Waals surface area contributed by atoms with E-state index >= 15 is 0 Å². The highest BCUT2D eigenvalue weighted by Crippen LogP contribution is 2.38. The lowest BCUT2D eigenvalue weighted by molar-refractivity contribution is -0.384. The number of benzene rings is 1. The van der Waals surface area contributed by atoms with Crippen LogP contribution in [0, 0.1) is 10.1 Å². The molecule has 1 aromatic carbocycles. The number of thiazole rings is 1. The Labute approximate surface area is 246 Å². The molecule has 4 rings (SSSR count). The molecule has 3 aromatic rings. The van der Waals surface area contributed by atoms with Crippen LogP contribution in [0.25, 0.3) is 10.2 Å². The SMILES string of the molecule is CCOC(=O)Cn1c(=NC(=O)CSCC(=O)Nc2sc3c(c2C(=O)OCC)CCCC3)sc2cc([N+](=O)[O-])ccc21. The number of nitro benzene ring substituents is 1. The van der Waals surface area contributed by atoms with Gasteiger partial charge in [-0.15, -0.1) is 23.1 Å². The third-order valence-electron chi connectivity index (χ3n) is 6.05. The Hall–Kier alpha value is -3.56. The number of nitrogens with zero attached hydrogens (tertiary/aromatic N) is 3. The summed E-state index contributed by atoms with van der Waals surface area (Å²) >= 11 is 3.49. The lowest BCUT2D eigenvalue weighted by Crippen LogP contribution is -2.23. The standard InChI is InChI=1S/C26H28N4O8S3/c1-3-37-22(33)12-29-17-10-9-15(30(35)36)11-19(17)41-26(29)28-21(32)14-39-13-20(31)27-24-23(25(34)38-4-2)16-7-5-6-8-18(16)40-24/h9-11H,3-8,12-14H2,1-2H3,(H,27,31). The topological polar surface area (TPSA) is 159 Å². The summed E-state index contributed by atoms with van der Waals surface area (Å²) in [5, 5.41) is 14.5. The molecule has 0 radical (unpaired) electrons. The molecular formula is C26H28N4O8S3. The molecule has 2 aromatic heterocycles. The van der Waals surface area contributed by atoms with Crippen molar-refractivity contribution in [2.45, 2.75) is 46.1 Å². The number of hydrogen-bond donors (Lipinski definition) is 1. The van der Waals surface area contributed by atoms with Gasteiger partial charge in [0, 0.05) is 17.0 Å². The van der Waals surface area contributed by atoms with E-state index in [9.17, 15) is 29.3 Å². The average molecular weight is 621 g/mol. The summed E-state index contributed by atoms with van der Waals surface area (Å²) in [6, 6.07) is 4.17. The number of rotatable bonds is 11. The van der Waals surface area contributed by atoms with Crippen LogP contribution in [0.4, 0.5) is 10.7 Å². The molecule has 0 fully saturated rings. The van der Waals surface area contributed by atoms with Crippen LogP contribution in [0.15, 0.2) is 23.2 Å². The fraction of sp³-hybridized carbons (Fsp3) is 0.423. The zero-order chi connectivity index (χ0) is 29.5. The molecule has 0 saturated carbocycles. The number of non-ortho nitro benzene ring substituents is 1. The number of aryl methyl sites for hydroxylation is 1. The monoisotopic (exact) mass is 620 g/mol. The predicted octanol–water partition coefficient (Wildman–Crippen LogP) is 4.09. The fourth-order valence-corrected chi connectivity index (χ4v) is 7.33. The van der Waals surface area contributed by atoms with Gasteiger partial charge in [0.05, 0.1) is 45.4 Å². The molecule has 0 atom stereocenters. The fourth-order valence-electron chi connectivity index (χ4n) is 4.36. The average Bonchev–Trinajstić information content (AvgIpc) is 3.45. The maximum Gasteiger partial charge on any atom is 0.341 e. The number of aromatic nitrogens is 1. The maximum absolute atomic E-state index is 12.7. The van der Waals surface area contributed by atoms with Crippen molar-refractivity contribution in [1.29, 1.82) is 0 Å². The molecule has 0 saturated heterocycles. The first kappa shape index (κ1) is 30.4. The number of nitro groups is 1. The quantitative estimate of drug-likeness (QED) is 0.189. The Kier molecular flexibility index (Phi) is 10.3. The van der Waals surface area contributed by atoms with Crippen LogP contribution in [0.1, 0.15) is 47.5 Å². The van der Waals surface area contributed by atoms with Gasteiger partial charge in [0.15, 0.2) is 4.80 Å². The van der Waals surface area contributed by atoms with E-state index in [1.807, 2.05) is 0 Å². The van der Waals surface area contributed by atoms with E-state index in [1.54, 1.807) is 13.8 Å². The van der Waals surface area contributed by atoms with Crippen molar-refractivity contribution in [1.82, 2.24) is 4.57 Å². The van der Waals surface area contributed by atoms with Gasteiger partial charge in [-0.2, -0.15) is 4.99 Å². The third kappa shape index (κ3) is 7.40. The molecule has 0 spiro atoms. The van der Waals surface area contributed by atoms with E-state index in [0.29, 0.717) is 20.8 Å². The third-order valence-corrected chi connectivity index (χ3v) is 9.22. The zero-order valence-electron chi connectivity index (χ0n) is 22.4. The largest absolute Gasteiger partial charge is 0.465 e. The van der Waals surface area contributed by atoms with Gasteiger partial charge in [0.1, 0.15) is 11.5 Å². The minimum absolute atomic E-state index is 0.0481. The number of carbonyl (C=O) groups excluding carboxylic acids is 4. The van der Waals surface area contributed by atoms with Crippen molar-refractivity contribution in [2.75, 3.05) is 30.0 Å². The lowest BCUT2D eigenvalue weighted by atomic mass is 9.95. The van der Waals surface area contributed by atoms with Gasteiger partial charge in [-0.3, -0.25) is 24.5 Å². The molecule has 2 amide bonds. The number of ether oxygens (including phenoxy) is 2. The number of anilines is 1. The Morgan fingerprint density at radius 1 is 1.10 bits per heavy atom. The first-order chi connectivity index (χ1) is 19.7. The zero-order valence-corrected chi connectivity index (χ0v) is 24.9. The second-order valence-corrected chi connectivity index (χ2v) is 12.0. The molecule has 1 aliphatic carbocycles. The molecule has 218 valence electrons. The summed E-state index contributed by atoms with van der Waals surface area (Å²) < 4.78 is 12.2. The first-order valence-electron chi connectivity index (χ1n) is 12.9. The first-order valence-corrected chi connectivity index (χ1v) is 15.7. The number of carbonyl (C=O) groups is 4. The smallest absolute Gasteiger partial charge is 0.341 e. The summed E-state index contributed by atoms with van der Waals surface area (Å²) in [5.74, 6) is -2.06. The van der Waals surface area contributed by atoms with Crippen LogP contribution in [0.2, 0.25) is 0 Å². The molecule has 1 N–H and O–H groups in total. The number of fused-ring (bicyclic) bond motifs is 2. The van der Waals surface area contributed by atoms with Crippen molar-refractivity contribution in [3.8, 4) is 0 Å². The van der Waals surface area contributed by atoms with Gasteiger partial charge in [0.25, 0.3) is 11.6 Å². The van der Waals surface area contributed by atoms with E-state index < -0.39 is 22.8 Å². The maximum atomic E-state index is 12.7. The van der Waals surface area contributed by atoms with Crippen molar-refractivity contribution < 1.29 is 33.6 Å². The van der Waals surface area contributed by atoms with Gasteiger partial charge in [-0.1, -0.05) is 11.3 Å². The number of thioether (sulfide) groups is 1. The van der Waals surface area contributed by atoms with Crippen LogP contribution in [-0.2, 0) is 43.2 Å². The number of esters is 2. The number of nitrogens with one attached hydrogen (secondary N) is 1. The second-order valence-electron chi connectivity index (χ2n) is 8.87. The highest BCUT2D eigenvalue weighted by atomic mass is 32.2. The molecule has 12 nitrogen and oxygen atoms in total. The number of amides is 2. The van der Waals surface area contributed by atoms with E-state index in [2.05, 4.69) is 10.3 Å². The van der Waals surface area contributed by atoms with Crippen molar-refractivity contribution in [2.24, 2.45) is 4.99 Å². The molecule has 2 heterocycles. The highest BCUT2D eigenvalue weighted by molar-refractivity contribution is 8.00. The Balaban J connectivity index is 1.45. The minimum Gasteiger partial charge on any atom is -0.465 e. The van der Waals surface area contributed by atoms with Crippen LogP contribution in [0.3, 0.4) is 0 Å². The number of hydrogen-bond acceptors (Lipinski definition) is 11. The van der Waals surface area contributed by atoms with Gasteiger partial charge in [-0.25, -0.2) is 4.79 Å².